The Labute approximate surface area is 152 Å². The van der Waals surface area contributed by atoms with E-state index in [1.54, 1.807) is 35.8 Å². The molecule has 0 saturated carbocycles. The van der Waals surface area contributed by atoms with Crippen molar-refractivity contribution in [1.29, 1.82) is 0 Å². The second-order valence-corrected chi connectivity index (χ2v) is 6.90. The molecule has 0 aliphatic rings. The van der Waals surface area contributed by atoms with E-state index in [4.69, 9.17) is 11.6 Å². The Hall–Kier alpha value is -2.51. The van der Waals surface area contributed by atoms with Crippen LogP contribution in [0.5, 0.6) is 0 Å². The molecular formula is C17H13ClN2O4S. The molecule has 25 heavy (non-hydrogen) atoms. The lowest BCUT2D eigenvalue weighted by Crippen LogP contribution is -2.09. The second-order valence-electron chi connectivity index (χ2n) is 5.38. The Morgan fingerprint density at radius 2 is 1.96 bits per heavy atom. The predicted octanol–water partition coefficient (Wildman–Crippen LogP) is 4.75. The van der Waals surface area contributed by atoms with Crippen molar-refractivity contribution in [2.45, 2.75) is 23.3 Å². The van der Waals surface area contributed by atoms with Crippen molar-refractivity contribution in [3.8, 4) is 0 Å². The number of hydrogen-bond donors (Lipinski definition) is 1. The Kier molecular flexibility index (Phi) is 4.69. The number of fused-ring (bicyclic) bond motifs is 1. The van der Waals surface area contributed by atoms with Gasteiger partial charge in [0, 0.05) is 26.6 Å². The number of hydrogen-bond acceptors (Lipinski definition) is 4. The van der Waals surface area contributed by atoms with Gasteiger partial charge in [0.15, 0.2) is 0 Å². The van der Waals surface area contributed by atoms with Crippen molar-refractivity contribution in [2.75, 3.05) is 0 Å². The van der Waals surface area contributed by atoms with E-state index >= 15 is 0 Å². The van der Waals surface area contributed by atoms with E-state index in [9.17, 15) is 20.0 Å². The maximum absolute atomic E-state index is 11.5. The summed E-state index contributed by atoms with van der Waals surface area (Å²) in [5.74, 6) is -1.01. The maximum atomic E-state index is 11.5. The van der Waals surface area contributed by atoms with Crippen LogP contribution >= 0.6 is 23.4 Å². The molecule has 128 valence electrons. The third-order valence-electron chi connectivity index (χ3n) is 3.80. The van der Waals surface area contributed by atoms with Gasteiger partial charge < -0.3 is 9.67 Å². The zero-order valence-corrected chi connectivity index (χ0v) is 14.7. The summed E-state index contributed by atoms with van der Waals surface area (Å²) in [4.78, 5) is 23.8. The molecule has 0 aliphatic heterocycles. The fraction of sp³-hybridized carbons (Fsp3) is 0.118. The number of aliphatic carboxylic acids is 1. The van der Waals surface area contributed by atoms with Gasteiger partial charge in [0.2, 0.25) is 0 Å². The number of aromatic nitrogens is 1. The minimum absolute atomic E-state index is 0.0406. The van der Waals surface area contributed by atoms with E-state index in [-0.39, 0.29) is 12.2 Å². The summed E-state index contributed by atoms with van der Waals surface area (Å²) in [6, 6.07) is 11.8. The fourth-order valence-electron chi connectivity index (χ4n) is 2.71. The molecule has 0 atom stereocenters. The fourth-order valence-corrected chi connectivity index (χ4v) is 3.91. The molecule has 3 aromatic rings. The number of carboxylic acid groups (broad SMARTS) is 1. The molecule has 0 spiro atoms. The highest BCUT2D eigenvalue weighted by atomic mass is 35.5. The molecule has 1 N–H and O–H groups in total. The number of nitro benzene ring substituents is 1. The van der Waals surface area contributed by atoms with Crippen molar-refractivity contribution >= 4 is 45.9 Å². The van der Waals surface area contributed by atoms with Crippen molar-refractivity contribution in [2.24, 2.45) is 0 Å². The normalized spacial score (nSPS) is 11.0. The summed E-state index contributed by atoms with van der Waals surface area (Å²) in [7, 11) is 0. The topological polar surface area (TPSA) is 85.4 Å². The highest BCUT2D eigenvalue weighted by Crippen LogP contribution is 2.42. The molecule has 8 heteroatoms. The van der Waals surface area contributed by atoms with Crippen molar-refractivity contribution in [3.63, 3.8) is 0 Å². The van der Waals surface area contributed by atoms with Crippen LogP contribution in [0.2, 0.25) is 5.02 Å². The van der Waals surface area contributed by atoms with Gasteiger partial charge in [0.05, 0.1) is 15.8 Å². The summed E-state index contributed by atoms with van der Waals surface area (Å²) >= 11 is 7.26. The molecule has 2 aromatic carbocycles. The number of halogens is 1. The number of rotatable bonds is 5. The van der Waals surface area contributed by atoms with Crippen molar-refractivity contribution in [1.82, 2.24) is 4.57 Å². The quantitative estimate of drug-likeness (QED) is 0.513. The average molecular weight is 377 g/mol. The van der Waals surface area contributed by atoms with E-state index in [0.717, 1.165) is 4.90 Å². The standard InChI is InChI=1S/C17H13ClN2O4S/c1-10-17(25-12-7-5-11(18)6-8-12)16-13(19(10)9-15(21)22)3-2-4-14(16)20(23)24/h2-8H,9H2,1H3,(H,21,22). The average Bonchev–Trinajstić information content (AvgIpc) is 2.82. The minimum Gasteiger partial charge on any atom is -0.480 e. The van der Waals surface area contributed by atoms with Crippen LogP contribution in [-0.4, -0.2) is 20.6 Å². The van der Waals surface area contributed by atoms with E-state index in [1.807, 2.05) is 12.1 Å². The molecule has 0 unspecified atom stereocenters. The largest absolute Gasteiger partial charge is 0.480 e. The van der Waals surface area contributed by atoms with Crippen molar-refractivity contribution < 1.29 is 14.8 Å². The summed E-state index contributed by atoms with van der Waals surface area (Å²) in [6.45, 7) is 1.51. The number of nitrogens with zero attached hydrogens (tertiary/aromatic N) is 2. The molecule has 1 heterocycles. The van der Waals surface area contributed by atoms with Gasteiger partial charge in [-0.05, 0) is 37.3 Å². The van der Waals surface area contributed by atoms with Crippen LogP contribution in [0.4, 0.5) is 5.69 Å². The molecule has 0 bridgehead atoms. The zero-order chi connectivity index (χ0) is 18.1. The van der Waals surface area contributed by atoms with Crippen molar-refractivity contribution in [3.05, 3.63) is 63.3 Å². The lowest BCUT2D eigenvalue weighted by Gasteiger charge is -2.05. The lowest BCUT2D eigenvalue weighted by atomic mass is 10.2. The first-order chi connectivity index (χ1) is 11.9. The highest BCUT2D eigenvalue weighted by Gasteiger charge is 2.24. The number of carboxylic acids is 1. The van der Waals surface area contributed by atoms with Crippen LogP contribution < -0.4 is 0 Å². The monoisotopic (exact) mass is 376 g/mol. The zero-order valence-electron chi connectivity index (χ0n) is 13.1. The molecule has 0 fully saturated rings. The summed E-state index contributed by atoms with van der Waals surface area (Å²) in [5, 5.41) is 21.7. The van der Waals surface area contributed by atoms with Crippen LogP contribution in [0, 0.1) is 17.0 Å². The van der Waals surface area contributed by atoms with Crippen LogP contribution in [0.3, 0.4) is 0 Å². The lowest BCUT2D eigenvalue weighted by molar-refractivity contribution is -0.383. The summed E-state index contributed by atoms with van der Waals surface area (Å²) in [6.07, 6.45) is 0. The molecule has 3 rings (SSSR count). The first-order valence-electron chi connectivity index (χ1n) is 7.30. The Balaban J connectivity index is 2.24. The Morgan fingerprint density at radius 1 is 1.28 bits per heavy atom. The minimum atomic E-state index is -1.01. The van der Waals surface area contributed by atoms with E-state index in [0.29, 0.717) is 26.5 Å². The number of carbonyl (C=O) groups is 1. The smallest absolute Gasteiger partial charge is 0.323 e. The number of benzene rings is 2. The van der Waals surface area contributed by atoms with Crippen LogP contribution in [-0.2, 0) is 11.3 Å². The highest BCUT2D eigenvalue weighted by molar-refractivity contribution is 7.99. The SMILES string of the molecule is Cc1c(Sc2ccc(Cl)cc2)c2c([N+](=O)[O-])cccc2n1CC(=O)O. The second kappa shape index (κ2) is 6.78. The van der Waals surface area contributed by atoms with Crippen LogP contribution in [0.15, 0.2) is 52.3 Å². The van der Waals surface area contributed by atoms with Gasteiger partial charge in [-0.25, -0.2) is 0 Å². The molecule has 0 saturated heterocycles. The van der Waals surface area contributed by atoms with Crippen LogP contribution in [0.1, 0.15) is 5.69 Å². The van der Waals surface area contributed by atoms with E-state index in [2.05, 4.69) is 0 Å². The molecule has 1 aromatic heterocycles. The maximum Gasteiger partial charge on any atom is 0.323 e. The molecule has 0 amide bonds. The summed E-state index contributed by atoms with van der Waals surface area (Å²) in [5.41, 5.74) is 1.17. The van der Waals surface area contributed by atoms with Gasteiger partial charge in [-0.3, -0.25) is 14.9 Å². The third kappa shape index (κ3) is 3.33. The molecule has 0 radical (unpaired) electrons. The van der Waals surface area contributed by atoms with Gasteiger partial charge in [-0.2, -0.15) is 0 Å². The van der Waals surface area contributed by atoms with E-state index in [1.165, 1.54) is 17.8 Å². The van der Waals surface area contributed by atoms with E-state index < -0.39 is 10.9 Å². The van der Waals surface area contributed by atoms with Gasteiger partial charge in [-0.1, -0.05) is 29.4 Å². The third-order valence-corrected chi connectivity index (χ3v) is 5.26. The molecule has 6 nitrogen and oxygen atoms in total. The Bertz CT molecular complexity index is 982. The molecular weight excluding hydrogens is 364 g/mol. The number of non-ortho nitro benzene ring substituents is 1. The molecule has 0 aliphatic carbocycles. The first-order valence-corrected chi connectivity index (χ1v) is 8.49. The Morgan fingerprint density at radius 3 is 2.56 bits per heavy atom. The summed E-state index contributed by atoms with van der Waals surface area (Å²) < 4.78 is 1.59. The predicted molar refractivity (Wildman–Crippen MR) is 96.5 cm³/mol. The number of nitro groups is 1. The first kappa shape index (κ1) is 17.3. The van der Waals surface area contributed by atoms with Gasteiger partial charge in [-0.15, -0.1) is 0 Å². The van der Waals surface area contributed by atoms with Gasteiger partial charge >= 0.3 is 5.97 Å². The van der Waals surface area contributed by atoms with Gasteiger partial charge in [0.25, 0.3) is 5.69 Å². The van der Waals surface area contributed by atoms with Crippen LogP contribution in [0.25, 0.3) is 10.9 Å². The van der Waals surface area contributed by atoms with Gasteiger partial charge in [0.1, 0.15) is 6.54 Å².